The Kier molecular flexibility index (Phi) is 6.04. The summed E-state index contributed by atoms with van der Waals surface area (Å²) in [5, 5.41) is 3.44. The predicted molar refractivity (Wildman–Crippen MR) is 94.0 cm³/mol. The van der Waals surface area contributed by atoms with Crippen LogP contribution in [0.3, 0.4) is 0 Å². The third-order valence-corrected chi connectivity index (χ3v) is 4.84. The number of aromatic nitrogens is 1. The molecule has 1 aromatic rings. The van der Waals surface area contributed by atoms with E-state index in [0.717, 1.165) is 50.8 Å². The van der Waals surface area contributed by atoms with Crippen LogP contribution in [0, 0.1) is 12.8 Å². The summed E-state index contributed by atoms with van der Waals surface area (Å²) in [6, 6.07) is 6.05. The molecule has 1 unspecified atom stereocenters. The van der Waals surface area contributed by atoms with Crippen molar-refractivity contribution in [1.29, 1.82) is 0 Å². The van der Waals surface area contributed by atoms with Gasteiger partial charge in [0.1, 0.15) is 5.82 Å². The van der Waals surface area contributed by atoms with Gasteiger partial charge in [0.2, 0.25) is 5.91 Å². The molecule has 6 heteroatoms. The lowest BCUT2D eigenvalue weighted by atomic mass is 10.1. The van der Waals surface area contributed by atoms with E-state index in [4.69, 9.17) is 4.74 Å². The first-order chi connectivity index (χ1) is 11.7. The van der Waals surface area contributed by atoms with Gasteiger partial charge >= 0.3 is 0 Å². The van der Waals surface area contributed by atoms with Gasteiger partial charge in [0.05, 0.1) is 13.2 Å². The summed E-state index contributed by atoms with van der Waals surface area (Å²) in [7, 11) is 0. The van der Waals surface area contributed by atoms with Crippen molar-refractivity contribution in [3.8, 4) is 0 Å². The molecular weight excluding hydrogens is 304 g/mol. The number of pyridine rings is 1. The smallest absolute Gasteiger partial charge is 0.224 e. The van der Waals surface area contributed by atoms with E-state index in [1.54, 1.807) is 0 Å². The lowest BCUT2D eigenvalue weighted by Gasteiger charge is -2.27. The molecule has 2 aliphatic rings. The minimum absolute atomic E-state index is 0.267. The normalized spacial score (nSPS) is 21.9. The number of nitrogens with one attached hydrogen (secondary N) is 1. The van der Waals surface area contributed by atoms with Crippen LogP contribution in [0.2, 0.25) is 0 Å². The molecule has 0 bridgehead atoms. The number of hydrogen-bond donors (Lipinski definition) is 1. The minimum atomic E-state index is 0.267. The van der Waals surface area contributed by atoms with Crippen LogP contribution < -0.4 is 5.32 Å². The van der Waals surface area contributed by atoms with Gasteiger partial charge in [-0.2, -0.15) is 0 Å². The molecule has 6 nitrogen and oxygen atoms in total. The van der Waals surface area contributed by atoms with E-state index in [9.17, 15) is 4.79 Å². The molecule has 2 saturated heterocycles. The largest absolute Gasteiger partial charge is 0.378 e. The zero-order valence-corrected chi connectivity index (χ0v) is 14.5. The van der Waals surface area contributed by atoms with Gasteiger partial charge in [-0.1, -0.05) is 6.07 Å². The number of hydrogen-bond acceptors (Lipinski definition) is 5. The number of morpholine rings is 1. The van der Waals surface area contributed by atoms with Gasteiger partial charge in [-0.3, -0.25) is 4.79 Å². The van der Waals surface area contributed by atoms with Gasteiger partial charge in [0.25, 0.3) is 0 Å². The Labute approximate surface area is 144 Å². The number of anilines is 1. The zero-order valence-electron chi connectivity index (χ0n) is 14.5. The summed E-state index contributed by atoms with van der Waals surface area (Å²) < 4.78 is 5.30. The number of ether oxygens (including phenoxy) is 1. The molecule has 0 radical (unpaired) electrons. The summed E-state index contributed by atoms with van der Waals surface area (Å²) >= 11 is 0. The lowest BCUT2D eigenvalue weighted by Crippen LogP contribution is -2.41. The molecule has 1 aromatic heterocycles. The van der Waals surface area contributed by atoms with Gasteiger partial charge in [-0.15, -0.1) is 0 Å². The molecule has 0 spiro atoms. The molecule has 132 valence electrons. The molecule has 0 aromatic carbocycles. The van der Waals surface area contributed by atoms with Crippen molar-refractivity contribution in [3.63, 3.8) is 0 Å². The fourth-order valence-corrected chi connectivity index (χ4v) is 3.40. The van der Waals surface area contributed by atoms with Crippen LogP contribution in [0.1, 0.15) is 18.5 Å². The second-order valence-electron chi connectivity index (χ2n) is 6.74. The van der Waals surface area contributed by atoms with Gasteiger partial charge < -0.3 is 19.9 Å². The Bertz CT molecular complexity index is 546. The van der Waals surface area contributed by atoms with Crippen molar-refractivity contribution in [1.82, 2.24) is 14.8 Å². The van der Waals surface area contributed by atoms with E-state index >= 15 is 0 Å². The van der Waals surface area contributed by atoms with Crippen LogP contribution in [0.25, 0.3) is 0 Å². The van der Waals surface area contributed by atoms with Crippen LogP contribution in [0.5, 0.6) is 0 Å². The first kappa shape index (κ1) is 17.2. The summed E-state index contributed by atoms with van der Waals surface area (Å²) in [5.41, 5.74) is 1.04. The van der Waals surface area contributed by atoms with Crippen molar-refractivity contribution in [2.75, 3.05) is 57.8 Å². The second kappa shape index (κ2) is 8.44. The third kappa shape index (κ3) is 4.92. The first-order valence-corrected chi connectivity index (χ1v) is 8.96. The van der Waals surface area contributed by atoms with Gasteiger partial charge in [-0.25, -0.2) is 4.98 Å². The quantitative estimate of drug-likeness (QED) is 0.853. The zero-order chi connectivity index (χ0) is 16.8. The highest BCUT2D eigenvalue weighted by Gasteiger charge is 2.24. The molecule has 2 fully saturated rings. The number of carbonyl (C=O) groups is 1. The molecule has 3 heterocycles. The fourth-order valence-electron chi connectivity index (χ4n) is 3.40. The molecule has 2 aliphatic heterocycles. The SMILES string of the molecule is Cc1cccc(NCC2CCN(CCC(=O)N3CCOCC3)C2)n1. The van der Waals surface area contributed by atoms with E-state index in [1.807, 2.05) is 30.0 Å². The molecule has 0 aliphatic carbocycles. The van der Waals surface area contributed by atoms with Crippen molar-refractivity contribution >= 4 is 11.7 Å². The summed E-state index contributed by atoms with van der Waals surface area (Å²) in [5.74, 6) is 1.85. The van der Waals surface area contributed by atoms with Crippen molar-refractivity contribution < 1.29 is 9.53 Å². The number of aryl methyl sites for hydroxylation is 1. The number of rotatable bonds is 6. The van der Waals surface area contributed by atoms with Crippen molar-refractivity contribution in [2.24, 2.45) is 5.92 Å². The highest BCUT2D eigenvalue weighted by Crippen LogP contribution is 2.17. The Morgan fingerprint density at radius 1 is 1.33 bits per heavy atom. The average Bonchev–Trinajstić information content (AvgIpc) is 3.07. The fraction of sp³-hybridized carbons (Fsp3) is 0.667. The van der Waals surface area contributed by atoms with Crippen LogP contribution in [0.4, 0.5) is 5.82 Å². The second-order valence-corrected chi connectivity index (χ2v) is 6.74. The van der Waals surface area contributed by atoms with E-state index in [-0.39, 0.29) is 5.91 Å². The monoisotopic (exact) mass is 332 g/mol. The number of likely N-dealkylation sites (tertiary alicyclic amines) is 1. The first-order valence-electron chi connectivity index (χ1n) is 8.96. The maximum Gasteiger partial charge on any atom is 0.224 e. The maximum absolute atomic E-state index is 12.2. The van der Waals surface area contributed by atoms with Crippen LogP contribution in [-0.2, 0) is 9.53 Å². The van der Waals surface area contributed by atoms with Gasteiger partial charge in [0, 0.05) is 44.8 Å². The minimum Gasteiger partial charge on any atom is -0.378 e. The number of carbonyl (C=O) groups excluding carboxylic acids is 1. The van der Waals surface area contributed by atoms with E-state index < -0.39 is 0 Å². The standard InChI is InChI=1S/C18H28N4O2/c1-15-3-2-4-17(20-15)19-13-16-5-7-21(14-16)8-6-18(23)22-9-11-24-12-10-22/h2-4,16H,5-14H2,1H3,(H,19,20). The highest BCUT2D eigenvalue weighted by molar-refractivity contribution is 5.76. The molecule has 0 saturated carbocycles. The Balaban J connectivity index is 1.35. The van der Waals surface area contributed by atoms with Crippen LogP contribution >= 0.6 is 0 Å². The van der Waals surface area contributed by atoms with E-state index in [2.05, 4.69) is 15.2 Å². The maximum atomic E-state index is 12.2. The van der Waals surface area contributed by atoms with Gasteiger partial charge in [0.15, 0.2) is 0 Å². The molecule has 1 N–H and O–H groups in total. The highest BCUT2D eigenvalue weighted by atomic mass is 16.5. The Morgan fingerprint density at radius 2 is 2.17 bits per heavy atom. The van der Waals surface area contributed by atoms with Crippen molar-refractivity contribution in [3.05, 3.63) is 23.9 Å². The molecule has 24 heavy (non-hydrogen) atoms. The van der Waals surface area contributed by atoms with Gasteiger partial charge in [-0.05, 0) is 37.9 Å². The number of amides is 1. The van der Waals surface area contributed by atoms with Crippen LogP contribution in [-0.4, -0.2) is 73.2 Å². The molecular formula is C18H28N4O2. The Hall–Kier alpha value is -1.66. The molecule has 1 atom stereocenters. The topological polar surface area (TPSA) is 57.7 Å². The van der Waals surface area contributed by atoms with E-state index in [1.165, 1.54) is 6.42 Å². The van der Waals surface area contributed by atoms with Crippen molar-refractivity contribution in [2.45, 2.75) is 19.8 Å². The number of nitrogens with zero attached hydrogens (tertiary/aromatic N) is 3. The molecule has 3 rings (SSSR count). The average molecular weight is 332 g/mol. The summed E-state index contributed by atoms with van der Waals surface area (Å²) in [4.78, 5) is 21.0. The third-order valence-electron chi connectivity index (χ3n) is 4.84. The van der Waals surface area contributed by atoms with Crippen LogP contribution in [0.15, 0.2) is 18.2 Å². The lowest BCUT2D eigenvalue weighted by molar-refractivity contribution is -0.135. The van der Waals surface area contributed by atoms with E-state index in [0.29, 0.717) is 25.6 Å². The molecule has 1 amide bonds. The summed E-state index contributed by atoms with van der Waals surface area (Å²) in [6.07, 6.45) is 1.81. The predicted octanol–water partition coefficient (Wildman–Crippen LogP) is 1.37. The summed E-state index contributed by atoms with van der Waals surface area (Å²) in [6.45, 7) is 8.82. The Morgan fingerprint density at radius 3 is 2.96 bits per heavy atom.